The van der Waals surface area contributed by atoms with Crippen LogP contribution >= 0.6 is 0 Å². The molecule has 0 aliphatic heterocycles. The Bertz CT molecular complexity index is 100. The van der Waals surface area contributed by atoms with Gasteiger partial charge in [-0.05, 0) is 13.8 Å². The molecular weight excluding hydrogens is 131 g/mol. The van der Waals surface area contributed by atoms with Gasteiger partial charge in [-0.2, -0.15) is 0 Å². The van der Waals surface area contributed by atoms with E-state index >= 15 is 0 Å². The fraction of sp³-hybridized carbons (Fsp3) is 0.800. The number of aliphatic hydroxyl groups excluding tert-OH is 1. The quantitative estimate of drug-likeness (QED) is 0.508. The maximum atomic E-state index is 10.1. The van der Waals surface area contributed by atoms with E-state index < -0.39 is 11.4 Å². The Morgan fingerprint density at radius 1 is 1.56 bits per heavy atom. The van der Waals surface area contributed by atoms with Crippen molar-refractivity contribution >= 4 is 35.5 Å². The molecule has 4 heteroatoms. The minimum absolute atomic E-state index is 0. The van der Waals surface area contributed by atoms with E-state index in [1.54, 1.807) is 0 Å². The van der Waals surface area contributed by atoms with Crippen molar-refractivity contribution in [1.82, 2.24) is 0 Å². The molecule has 0 atom stereocenters. The zero-order valence-corrected chi connectivity index (χ0v) is 5.01. The molecule has 0 amide bonds. The maximum absolute atomic E-state index is 10.1. The summed E-state index contributed by atoms with van der Waals surface area (Å²) in [6, 6.07) is 0. The van der Waals surface area contributed by atoms with Gasteiger partial charge in [-0.15, -0.1) is 0 Å². The van der Waals surface area contributed by atoms with Crippen LogP contribution in [0.2, 0.25) is 0 Å². The predicted molar refractivity (Wildman–Crippen MR) is 35.7 cm³/mol. The average Bonchev–Trinajstić information content (AvgIpc) is 1.67. The van der Waals surface area contributed by atoms with Gasteiger partial charge < -0.3 is 10.2 Å². The van der Waals surface area contributed by atoms with Crippen molar-refractivity contribution in [3.8, 4) is 0 Å². The molecule has 0 spiro atoms. The van der Waals surface area contributed by atoms with Crippen molar-refractivity contribution in [2.45, 2.75) is 13.8 Å². The number of aliphatic carboxylic acids is 1. The molecule has 3 nitrogen and oxygen atoms in total. The van der Waals surface area contributed by atoms with E-state index in [1.165, 1.54) is 13.8 Å². The van der Waals surface area contributed by atoms with Crippen LogP contribution in [0.1, 0.15) is 13.8 Å². The SMILES string of the molecule is CC(C)(CO)C(=O)O.[NaH]. The summed E-state index contributed by atoms with van der Waals surface area (Å²) in [5, 5.41) is 16.7. The molecule has 50 valence electrons. The molecule has 0 aliphatic carbocycles. The Balaban J connectivity index is 0. The van der Waals surface area contributed by atoms with Crippen LogP contribution in [-0.2, 0) is 4.79 Å². The summed E-state index contributed by atoms with van der Waals surface area (Å²) in [5.41, 5.74) is -0.986. The molecule has 0 fully saturated rings. The second-order valence-corrected chi connectivity index (χ2v) is 2.35. The predicted octanol–water partition coefficient (Wildman–Crippen LogP) is -0.559. The molecule has 0 rings (SSSR count). The number of carboxylic acid groups (broad SMARTS) is 1. The number of carboxylic acids is 1. The van der Waals surface area contributed by atoms with Crippen LogP contribution in [0.5, 0.6) is 0 Å². The number of hydrogen-bond acceptors (Lipinski definition) is 2. The molecule has 0 unspecified atom stereocenters. The topological polar surface area (TPSA) is 57.5 Å². The van der Waals surface area contributed by atoms with Gasteiger partial charge in [-0.25, -0.2) is 0 Å². The minimum atomic E-state index is -0.986. The average molecular weight is 142 g/mol. The third-order valence-corrected chi connectivity index (χ3v) is 0.974. The molecule has 9 heavy (non-hydrogen) atoms. The molecule has 0 saturated heterocycles. The first kappa shape index (κ1) is 12.1. The van der Waals surface area contributed by atoms with E-state index in [9.17, 15) is 4.79 Å². The van der Waals surface area contributed by atoms with Crippen molar-refractivity contribution in [1.29, 1.82) is 0 Å². The summed E-state index contributed by atoms with van der Waals surface area (Å²) in [6.45, 7) is 2.62. The standard InChI is InChI=1S/C5H10O3.Na.H/c1-5(2,3-6)4(7)8;;/h6H,3H2,1-2H3,(H,7,8);;. The number of aliphatic hydroxyl groups is 1. The molecule has 0 heterocycles. The molecule has 0 aromatic rings. The summed E-state index contributed by atoms with van der Waals surface area (Å²) < 4.78 is 0. The van der Waals surface area contributed by atoms with Gasteiger partial charge in [0.25, 0.3) is 0 Å². The van der Waals surface area contributed by atoms with Crippen molar-refractivity contribution < 1.29 is 15.0 Å². The fourth-order valence-corrected chi connectivity index (χ4v) is 0.0676. The third-order valence-electron chi connectivity index (χ3n) is 0.974. The molecule has 0 bridgehead atoms. The molecule has 0 aromatic heterocycles. The van der Waals surface area contributed by atoms with Crippen LogP contribution in [0.25, 0.3) is 0 Å². The van der Waals surface area contributed by atoms with E-state index in [0.29, 0.717) is 0 Å². The number of hydrogen-bond donors (Lipinski definition) is 2. The van der Waals surface area contributed by atoms with Crippen LogP contribution in [0.3, 0.4) is 0 Å². The Kier molecular flexibility index (Phi) is 5.77. The van der Waals surface area contributed by atoms with Crippen molar-refractivity contribution in [3.63, 3.8) is 0 Å². The second kappa shape index (κ2) is 4.28. The molecule has 0 radical (unpaired) electrons. The Morgan fingerprint density at radius 3 is 1.89 bits per heavy atom. The molecule has 2 N–H and O–H groups in total. The Labute approximate surface area is 76.4 Å². The Morgan fingerprint density at radius 2 is 1.89 bits per heavy atom. The van der Waals surface area contributed by atoms with Crippen LogP contribution in [0.4, 0.5) is 0 Å². The van der Waals surface area contributed by atoms with E-state index in [-0.39, 0.29) is 36.2 Å². The monoisotopic (exact) mass is 142 g/mol. The van der Waals surface area contributed by atoms with E-state index in [2.05, 4.69) is 0 Å². The van der Waals surface area contributed by atoms with Crippen LogP contribution in [0.15, 0.2) is 0 Å². The number of rotatable bonds is 2. The second-order valence-electron chi connectivity index (χ2n) is 2.35. The van der Waals surface area contributed by atoms with Gasteiger partial charge in [-0.3, -0.25) is 4.79 Å². The molecule has 0 aliphatic rings. The molecule has 0 saturated carbocycles. The summed E-state index contributed by atoms with van der Waals surface area (Å²) >= 11 is 0. The summed E-state index contributed by atoms with van der Waals surface area (Å²) in [7, 11) is 0. The first-order valence-electron chi connectivity index (χ1n) is 2.35. The van der Waals surface area contributed by atoms with Crippen LogP contribution in [0, 0.1) is 5.41 Å². The first-order chi connectivity index (χ1) is 3.50. The van der Waals surface area contributed by atoms with Crippen molar-refractivity contribution in [3.05, 3.63) is 0 Å². The summed E-state index contributed by atoms with van der Waals surface area (Å²) in [4.78, 5) is 10.1. The van der Waals surface area contributed by atoms with E-state index in [0.717, 1.165) is 0 Å². The van der Waals surface area contributed by atoms with Gasteiger partial charge in [-0.1, -0.05) is 0 Å². The number of carbonyl (C=O) groups is 1. The molecular formula is C5H11NaO3. The first-order valence-corrected chi connectivity index (χ1v) is 2.35. The van der Waals surface area contributed by atoms with Gasteiger partial charge in [0.1, 0.15) is 0 Å². The molecule has 0 aromatic carbocycles. The van der Waals surface area contributed by atoms with Gasteiger partial charge in [0.2, 0.25) is 0 Å². The van der Waals surface area contributed by atoms with Crippen LogP contribution < -0.4 is 0 Å². The zero-order valence-electron chi connectivity index (χ0n) is 5.01. The van der Waals surface area contributed by atoms with Gasteiger partial charge in [0.15, 0.2) is 0 Å². The fourth-order valence-electron chi connectivity index (χ4n) is 0.0676. The van der Waals surface area contributed by atoms with Crippen molar-refractivity contribution in [2.24, 2.45) is 5.41 Å². The summed E-state index contributed by atoms with van der Waals surface area (Å²) in [5.74, 6) is -0.972. The van der Waals surface area contributed by atoms with E-state index in [1.807, 2.05) is 0 Å². The van der Waals surface area contributed by atoms with Crippen LogP contribution in [-0.4, -0.2) is 52.3 Å². The zero-order chi connectivity index (χ0) is 6.78. The third kappa shape index (κ3) is 3.92. The Hall–Kier alpha value is 0.430. The van der Waals surface area contributed by atoms with E-state index in [4.69, 9.17) is 10.2 Å². The van der Waals surface area contributed by atoms with Gasteiger partial charge >= 0.3 is 35.5 Å². The normalized spacial score (nSPS) is 10.1. The summed E-state index contributed by atoms with van der Waals surface area (Å²) in [6.07, 6.45) is 0. The van der Waals surface area contributed by atoms with Gasteiger partial charge in [0, 0.05) is 0 Å². The van der Waals surface area contributed by atoms with Crippen molar-refractivity contribution in [2.75, 3.05) is 6.61 Å². The van der Waals surface area contributed by atoms with Gasteiger partial charge in [0.05, 0.1) is 12.0 Å².